The standard InChI is InChI=1S/C10H9N5O2/c1-14(9-7-11-5-6-12-9)10-8(15(16)17)3-2-4-13-10/h2-7H,1H3. The van der Waals surface area contributed by atoms with Gasteiger partial charge in [-0.05, 0) is 6.07 Å². The molecule has 86 valence electrons. The first-order valence-corrected chi connectivity index (χ1v) is 4.79. The van der Waals surface area contributed by atoms with Crippen molar-refractivity contribution < 1.29 is 4.92 Å². The third kappa shape index (κ3) is 2.17. The van der Waals surface area contributed by atoms with Crippen molar-refractivity contribution in [1.29, 1.82) is 0 Å². The average molecular weight is 231 g/mol. The van der Waals surface area contributed by atoms with Gasteiger partial charge in [0.1, 0.15) is 0 Å². The first kappa shape index (κ1) is 10.9. The van der Waals surface area contributed by atoms with Crippen LogP contribution in [-0.2, 0) is 0 Å². The molecule has 7 nitrogen and oxygen atoms in total. The number of nitro groups is 1. The summed E-state index contributed by atoms with van der Waals surface area (Å²) < 4.78 is 0. The maximum Gasteiger partial charge on any atom is 0.311 e. The van der Waals surface area contributed by atoms with Crippen molar-refractivity contribution in [1.82, 2.24) is 15.0 Å². The van der Waals surface area contributed by atoms with Crippen LogP contribution in [0.15, 0.2) is 36.9 Å². The Morgan fingerprint density at radius 1 is 1.29 bits per heavy atom. The molecule has 0 spiro atoms. The summed E-state index contributed by atoms with van der Waals surface area (Å²) in [5.74, 6) is 0.729. The molecular formula is C10H9N5O2. The van der Waals surface area contributed by atoms with E-state index in [0.717, 1.165) is 0 Å². The summed E-state index contributed by atoms with van der Waals surface area (Å²) in [6.45, 7) is 0. The van der Waals surface area contributed by atoms with E-state index in [9.17, 15) is 10.1 Å². The minimum Gasteiger partial charge on any atom is -0.307 e. The molecule has 0 fully saturated rings. The molecule has 0 aromatic carbocycles. The highest BCUT2D eigenvalue weighted by molar-refractivity contribution is 5.64. The molecule has 0 saturated carbocycles. The molecule has 0 aliphatic rings. The fraction of sp³-hybridized carbons (Fsp3) is 0.100. The molecular weight excluding hydrogens is 222 g/mol. The number of rotatable bonds is 3. The Morgan fingerprint density at radius 3 is 2.76 bits per heavy atom. The van der Waals surface area contributed by atoms with Gasteiger partial charge in [0, 0.05) is 31.7 Å². The van der Waals surface area contributed by atoms with Crippen LogP contribution >= 0.6 is 0 Å². The van der Waals surface area contributed by atoms with Gasteiger partial charge in [-0.15, -0.1) is 0 Å². The maximum atomic E-state index is 10.9. The Morgan fingerprint density at radius 2 is 2.12 bits per heavy atom. The lowest BCUT2D eigenvalue weighted by molar-refractivity contribution is -0.384. The van der Waals surface area contributed by atoms with Crippen LogP contribution in [0, 0.1) is 10.1 Å². The molecule has 0 N–H and O–H groups in total. The molecule has 2 heterocycles. The second-order valence-corrected chi connectivity index (χ2v) is 3.23. The summed E-state index contributed by atoms with van der Waals surface area (Å²) >= 11 is 0. The highest BCUT2D eigenvalue weighted by Gasteiger charge is 2.19. The molecule has 0 amide bonds. The van der Waals surface area contributed by atoms with Crippen molar-refractivity contribution in [2.75, 3.05) is 11.9 Å². The van der Waals surface area contributed by atoms with Crippen molar-refractivity contribution in [3.8, 4) is 0 Å². The first-order chi connectivity index (χ1) is 8.20. The third-order valence-corrected chi connectivity index (χ3v) is 2.17. The molecule has 17 heavy (non-hydrogen) atoms. The normalized spacial score (nSPS) is 9.94. The average Bonchev–Trinajstić information content (AvgIpc) is 2.39. The zero-order valence-electron chi connectivity index (χ0n) is 9.02. The van der Waals surface area contributed by atoms with Crippen molar-refractivity contribution in [2.24, 2.45) is 0 Å². The van der Waals surface area contributed by atoms with Crippen LogP contribution in [0.25, 0.3) is 0 Å². The SMILES string of the molecule is CN(c1cnccn1)c1ncccc1[N+](=O)[O-]. The molecule has 7 heteroatoms. The smallest absolute Gasteiger partial charge is 0.307 e. The predicted octanol–water partition coefficient (Wildman–Crippen LogP) is 1.55. The molecule has 0 saturated heterocycles. The Labute approximate surface area is 96.9 Å². The molecule has 2 rings (SSSR count). The zero-order chi connectivity index (χ0) is 12.3. The summed E-state index contributed by atoms with van der Waals surface area (Å²) in [5, 5.41) is 10.9. The number of hydrogen-bond donors (Lipinski definition) is 0. The van der Waals surface area contributed by atoms with Crippen LogP contribution in [0.1, 0.15) is 0 Å². The van der Waals surface area contributed by atoms with Crippen LogP contribution in [-0.4, -0.2) is 26.9 Å². The summed E-state index contributed by atoms with van der Waals surface area (Å²) in [4.78, 5) is 23.9. The van der Waals surface area contributed by atoms with Gasteiger partial charge in [-0.1, -0.05) is 0 Å². The molecule has 0 unspecified atom stereocenters. The Balaban J connectivity index is 2.44. The number of nitrogens with zero attached hydrogens (tertiary/aromatic N) is 5. The van der Waals surface area contributed by atoms with Crippen LogP contribution in [0.5, 0.6) is 0 Å². The fourth-order valence-corrected chi connectivity index (χ4v) is 1.36. The summed E-state index contributed by atoms with van der Waals surface area (Å²) in [5.41, 5.74) is -0.0688. The highest BCUT2D eigenvalue weighted by atomic mass is 16.6. The van der Waals surface area contributed by atoms with Gasteiger partial charge in [-0.25, -0.2) is 9.97 Å². The van der Waals surface area contributed by atoms with E-state index in [2.05, 4.69) is 15.0 Å². The van der Waals surface area contributed by atoms with E-state index in [1.54, 1.807) is 7.05 Å². The number of pyridine rings is 1. The Bertz CT molecular complexity index is 531. The van der Waals surface area contributed by atoms with Crippen molar-refractivity contribution >= 4 is 17.3 Å². The van der Waals surface area contributed by atoms with Crippen molar-refractivity contribution in [3.63, 3.8) is 0 Å². The van der Waals surface area contributed by atoms with Crippen LogP contribution in [0.3, 0.4) is 0 Å². The van der Waals surface area contributed by atoms with Gasteiger partial charge in [0.15, 0.2) is 5.82 Å². The molecule has 0 aliphatic carbocycles. The summed E-state index contributed by atoms with van der Waals surface area (Å²) in [7, 11) is 1.65. The van der Waals surface area contributed by atoms with Crippen LogP contribution in [0.4, 0.5) is 17.3 Å². The van der Waals surface area contributed by atoms with Gasteiger partial charge >= 0.3 is 5.69 Å². The van der Waals surface area contributed by atoms with Gasteiger partial charge < -0.3 is 4.90 Å². The monoisotopic (exact) mass is 231 g/mol. The molecule has 0 bridgehead atoms. The Hall–Kier alpha value is -2.57. The number of anilines is 2. The van der Waals surface area contributed by atoms with E-state index in [0.29, 0.717) is 5.82 Å². The van der Waals surface area contributed by atoms with E-state index < -0.39 is 4.92 Å². The molecule has 0 aliphatic heterocycles. The number of hydrogen-bond acceptors (Lipinski definition) is 6. The van der Waals surface area contributed by atoms with E-state index >= 15 is 0 Å². The maximum absolute atomic E-state index is 10.9. The Kier molecular flexibility index (Phi) is 2.91. The molecule has 0 atom stereocenters. The van der Waals surface area contributed by atoms with Crippen molar-refractivity contribution in [2.45, 2.75) is 0 Å². The lowest BCUT2D eigenvalue weighted by Crippen LogP contribution is -2.14. The van der Waals surface area contributed by atoms with Crippen LogP contribution < -0.4 is 4.90 Å². The first-order valence-electron chi connectivity index (χ1n) is 4.79. The lowest BCUT2D eigenvalue weighted by Gasteiger charge is -2.15. The number of aromatic nitrogens is 3. The third-order valence-electron chi connectivity index (χ3n) is 2.17. The van der Waals surface area contributed by atoms with E-state index in [1.165, 1.54) is 41.8 Å². The van der Waals surface area contributed by atoms with Gasteiger partial charge in [0.25, 0.3) is 0 Å². The topological polar surface area (TPSA) is 85.0 Å². The van der Waals surface area contributed by atoms with Gasteiger partial charge in [0.2, 0.25) is 5.82 Å². The van der Waals surface area contributed by atoms with E-state index in [-0.39, 0.29) is 11.5 Å². The van der Waals surface area contributed by atoms with Gasteiger partial charge in [-0.2, -0.15) is 0 Å². The predicted molar refractivity (Wildman–Crippen MR) is 61.0 cm³/mol. The lowest BCUT2D eigenvalue weighted by atomic mass is 10.3. The van der Waals surface area contributed by atoms with E-state index in [1.807, 2.05) is 0 Å². The highest BCUT2D eigenvalue weighted by Crippen LogP contribution is 2.27. The zero-order valence-corrected chi connectivity index (χ0v) is 9.02. The fourth-order valence-electron chi connectivity index (χ4n) is 1.36. The van der Waals surface area contributed by atoms with Crippen LogP contribution in [0.2, 0.25) is 0 Å². The van der Waals surface area contributed by atoms with Gasteiger partial charge in [-0.3, -0.25) is 15.1 Å². The minimum atomic E-state index is -0.477. The summed E-state index contributed by atoms with van der Waals surface area (Å²) in [6.07, 6.45) is 6.05. The molecule has 0 radical (unpaired) electrons. The largest absolute Gasteiger partial charge is 0.311 e. The molecule has 2 aromatic heterocycles. The van der Waals surface area contributed by atoms with Crippen molar-refractivity contribution in [3.05, 3.63) is 47.0 Å². The quantitative estimate of drug-likeness (QED) is 0.588. The summed E-state index contributed by atoms with van der Waals surface area (Å²) in [6, 6.07) is 2.92. The minimum absolute atomic E-state index is 0.0688. The van der Waals surface area contributed by atoms with E-state index in [4.69, 9.17) is 0 Å². The van der Waals surface area contributed by atoms with Gasteiger partial charge in [0.05, 0.1) is 11.1 Å². The second-order valence-electron chi connectivity index (χ2n) is 3.23. The molecule has 2 aromatic rings. The second kappa shape index (κ2) is 4.52.